The van der Waals surface area contributed by atoms with E-state index in [-0.39, 0.29) is 11.8 Å². The summed E-state index contributed by atoms with van der Waals surface area (Å²) in [7, 11) is 0. The van der Waals surface area contributed by atoms with Crippen molar-refractivity contribution < 1.29 is 4.79 Å². The minimum Gasteiger partial charge on any atom is -0.310 e. The number of pyridine rings is 1. The Morgan fingerprint density at radius 1 is 1.17 bits per heavy atom. The van der Waals surface area contributed by atoms with Gasteiger partial charge in [0.2, 0.25) is 10.7 Å². The Hall–Kier alpha value is -2.55. The van der Waals surface area contributed by atoms with Gasteiger partial charge in [-0.1, -0.05) is 29.8 Å². The van der Waals surface area contributed by atoms with Crippen LogP contribution in [0.1, 0.15) is 12.8 Å². The van der Waals surface area contributed by atoms with Gasteiger partial charge in [-0.3, -0.25) is 14.3 Å². The van der Waals surface area contributed by atoms with Crippen molar-refractivity contribution in [3.63, 3.8) is 0 Å². The van der Waals surface area contributed by atoms with Crippen molar-refractivity contribution in [3.8, 4) is 5.69 Å². The van der Waals surface area contributed by atoms with Crippen LogP contribution in [0.2, 0.25) is 5.02 Å². The number of para-hydroxylation sites is 1. The summed E-state index contributed by atoms with van der Waals surface area (Å²) in [5.41, 5.74) is 0.995. The van der Waals surface area contributed by atoms with Gasteiger partial charge in [0.15, 0.2) is 0 Å². The van der Waals surface area contributed by atoms with Gasteiger partial charge in [-0.2, -0.15) is 5.10 Å². The minimum atomic E-state index is -0.0291. The molecule has 0 bridgehead atoms. The Bertz CT molecular complexity index is 1030. The molecule has 7 nitrogen and oxygen atoms in total. The van der Waals surface area contributed by atoms with Crippen molar-refractivity contribution in [2.24, 2.45) is 5.92 Å². The molecule has 0 aliphatic carbocycles. The molecule has 3 aromatic rings. The molecule has 0 atom stereocenters. The van der Waals surface area contributed by atoms with E-state index in [1.165, 1.54) is 6.20 Å². The average Bonchev–Trinajstić information content (AvgIpc) is 3.11. The maximum Gasteiger partial charge on any atom is 0.228 e. The summed E-state index contributed by atoms with van der Waals surface area (Å²) in [4.78, 5) is 18.9. The molecule has 1 saturated heterocycles. The van der Waals surface area contributed by atoms with Gasteiger partial charge in [0, 0.05) is 30.9 Å². The standard InChI is InChI=1S/C20H21ClN6OS/c21-16-6-7-18(22-12-16)24-19(28)15-8-10-25(11-9-15)14-27-20(29)26(13-23-27)17-4-2-1-3-5-17/h1-7,12-13,15H,8-11,14H2,(H,22,24,28). The number of piperidine rings is 1. The first-order valence-corrected chi connectivity index (χ1v) is 10.2. The molecule has 1 N–H and O–H groups in total. The monoisotopic (exact) mass is 428 g/mol. The van der Waals surface area contributed by atoms with Gasteiger partial charge in [-0.15, -0.1) is 0 Å². The van der Waals surface area contributed by atoms with Crippen LogP contribution in [0.3, 0.4) is 0 Å². The second-order valence-corrected chi connectivity index (χ2v) is 7.80. The third-order valence-corrected chi connectivity index (χ3v) is 5.67. The third-order valence-electron chi connectivity index (χ3n) is 5.04. The summed E-state index contributed by atoms with van der Waals surface area (Å²) in [6.45, 7) is 2.24. The maximum atomic E-state index is 12.5. The fourth-order valence-corrected chi connectivity index (χ4v) is 3.77. The van der Waals surface area contributed by atoms with E-state index in [0.29, 0.717) is 22.3 Å². The van der Waals surface area contributed by atoms with Crippen molar-refractivity contribution in [2.45, 2.75) is 19.5 Å². The van der Waals surface area contributed by atoms with E-state index in [4.69, 9.17) is 23.8 Å². The van der Waals surface area contributed by atoms with E-state index in [9.17, 15) is 4.79 Å². The predicted molar refractivity (Wildman–Crippen MR) is 115 cm³/mol. The number of likely N-dealkylation sites (tertiary alicyclic amines) is 1. The van der Waals surface area contributed by atoms with Crippen LogP contribution in [0.15, 0.2) is 55.0 Å². The number of hydrogen-bond donors (Lipinski definition) is 1. The van der Waals surface area contributed by atoms with Gasteiger partial charge < -0.3 is 5.32 Å². The maximum absolute atomic E-state index is 12.5. The number of anilines is 1. The van der Waals surface area contributed by atoms with Gasteiger partial charge in [0.1, 0.15) is 12.1 Å². The molecule has 0 spiro atoms. The highest BCUT2D eigenvalue weighted by atomic mass is 35.5. The van der Waals surface area contributed by atoms with Crippen molar-refractivity contribution >= 4 is 35.5 Å². The van der Waals surface area contributed by atoms with Crippen LogP contribution >= 0.6 is 23.8 Å². The average molecular weight is 429 g/mol. The van der Waals surface area contributed by atoms with Crippen molar-refractivity contribution in [2.75, 3.05) is 18.4 Å². The Labute approximate surface area is 178 Å². The molecule has 2 aromatic heterocycles. The van der Waals surface area contributed by atoms with E-state index >= 15 is 0 Å². The van der Waals surface area contributed by atoms with Gasteiger partial charge in [0.25, 0.3) is 0 Å². The summed E-state index contributed by atoms with van der Waals surface area (Å²) in [6, 6.07) is 13.3. The third kappa shape index (κ3) is 4.72. The van der Waals surface area contributed by atoms with E-state index in [2.05, 4.69) is 20.3 Å². The molecule has 150 valence electrons. The van der Waals surface area contributed by atoms with Crippen LogP contribution in [0.4, 0.5) is 5.82 Å². The number of nitrogens with zero attached hydrogens (tertiary/aromatic N) is 5. The Kier molecular flexibility index (Phi) is 6.03. The van der Waals surface area contributed by atoms with E-state index in [1.807, 2.05) is 39.6 Å². The van der Waals surface area contributed by atoms with Gasteiger partial charge in [0.05, 0.1) is 11.7 Å². The molecule has 0 unspecified atom stereocenters. The van der Waals surface area contributed by atoms with Gasteiger partial charge in [-0.25, -0.2) is 9.67 Å². The van der Waals surface area contributed by atoms with Crippen LogP contribution in [0.5, 0.6) is 0 Å². The molecule has 0 saturated carbocycles. The second kappa shape index (κ2) is 8.86. The van der Waals surface area contributed by atoms with E-state index < -0.39 is 0 Å². The summed E-state index contributed by atoms with van der Waals surface area (Å²) >= 11 is 11.4. The van der Waals surface area contributed by atoms with Gasteiger partial charge in [-0.05, 0) is 49.3 Å². The van der Waals surface area contributed by atoms with Crippen molar-refractivity contribution in [3.05, 3.63) is 64.8 Å². The normalized spacial score (nSPS) is 15.3. The van der Waals surface area contributed by atoms with Crippen LogP contribution in [-0.2, 0) is 11.5 Å². The first-order valence-electron chi connectivity index (χ1n) is 9.45. The van der Waals surface area contributed by atoms with E-state index in [0.717, 1.165) is 31.6 Å². The SMILES string of the molecule is O=C(Nc1ccc(Cl)cn1)C1CCN(Cn2ncn(-c3ccccc3)c2=S)CC1. The molecule has 1 aromatic carbocycles. The molecular formula is C20H21ClN6OS. The number of hydrogen-bond acceptors (Lipinski definition) is 5. The zero-order valence-electron chi connectivity index (χ0n) is 15.7. The molecule has 1 fully saturated rings. The van der Waals surface area contributed by atoms with Gasteiger partial charge >= 0.3 is 0 Å². The lowest BCUT2D eigenvalue weighted by atomic mass is 9.96. The molecule has 4 rings (SSSR count). The smallest absolute Gasteiger partial charge is 0.228 e. The Balaban J connectivity index is 1.32. The zero-order valence-corrected chi connectivity index (χ0v) is 17.3. The first-order chi connectivity index (χ1) is 14.1. The van der Waals surface area contributed by atoms with Crippen LogP contribution in [0.25, 0.3) is 5.69 Å². The summed E-state index contributed by atoms with van der Waals surface area (Å²) in [5.74, 6) is 0.502. The van der Waals surface area contributed by atoms with Crippen LogP contribution in [0, 0.1) is 10.7 Å². The second-order valence-electron chi connectivity index (χ2n) is 7.00. The molecule has 1 aliphatic heterocycles. The first kappa shape index (κ1) is 19.8. The molecule has 29 heavy (non-hydrogen) atoms. The summed E-state index contributed by atoms with van der Waals surface area (Å²) in [6.07, 6.45) is 4.84. The fourth-order valence-electron chi connectivity index (χ4n) is 3.40. The quantitative estimate of drug-likeness (QED) is 0.626. The zero-order chi connectivity index (χ0) is 20.2. The number of amides is 1. The number of benzene rings is 1. The fraction of sp³-hybridized carbons (Fsp3) is 0.300. The van der Waals surface area contributed by atoms with E-state index in [1.54, 1.807) is 18.5 Å². The van der Waals surface area contributed by atoms with Crippen molar-refractivity contribution in [1.29, 1.82) is 0 Å². The summed E-state index contributed by atoms with van der Waals surface area (Å²) < 4.78 is 4.37. The lowest BCUT2D eigenvalue weighted by Crippen LogP contribution is -2.39. The highest BCUT2D eigenvalue weighted by molar-refractivity contribution is 7.71. The highest BCUT2D eigenvalue weighted by Crippen LogP contribution is 2.20. The molecule has 9 heteroatoms. The minimum absolute atomic E-state index is 0.00411. The number of aromatic nitrogens is 4. The molecular weight excluding hydrogens is 408 g/mol. The number of carbonyl (C=O) groups excluding carboxylic acids is 1. The lowest BCUT2D eigenvalue weighted by Gasteiger charge is -2.30. The van der Waals surface area contributed by atoms with Crippen molar-refractivity contribution in [1.82, 2.24) is 24.2 Å². The summed E-state index contributed by atoms with van der Waals surface area (Å²) in [5, 5.41) is 7.85. The molecule has 3 heterocycles. The Morgan fingerprint density at radius 2 is 1.93 bits per heavy atom. The molecule has 1 aliphatic rings. The lowest BCUT2D eigenvalue weighted by molar-refractivity contribution is -0.121. The topological polar surface area (TPSA) is 68.0 Å². The number of rotatable bonds is 5. The number of carbonyl (C=O) groups is 1. The Morgan fingerprint density at radius 3 is 2.62 bits per heavy atom. The highest BCUT2D eigenvalue weighted by Gasteiger charge is 2.25. The largest absolute Gasteiger partial charge is 0.310 e. The van der Waals surface area contributed by atoms with Crippen LogP contribution in [-0.4, -0.2) is 43.2 Å². The van der Waals surface area contributed by atoms with Crippen LogP contribution < -0.4 is 5.32 Å². The number of halogens is 1. The molecule has 0 radical (unpaired) electrons. The molecule has 1 amide bonds. The predicted octanol–water partition coefficient (Wildman–Crippen LogP) is 3.76. The number of nitrogens with one attached hydrogen (secondary N) is 1.